The van der Waals surface area contributed by atoms with Crippen LogP contribution in [0.2, 0.25) is 0 Å². The van der Waals surface area contributed by atoms with E-state index in [9.17, 15) is 0 Å². The highest BCUT2D eigenvalue weighted by Gasteiger charge is 2.23. The van der Waals surface area contributed by atoms with Crippen LogP contribution in [0.15, 0.2) is 6.07 Å². The Kier molecular flexibility index (Phi) is 4.17. The molecule has 1 aromatic rings. The van der Waals surface area contributed by atoms with Crippen molar-refractivity contribution in [3.05, 3.63) is 17.6 Å². The van der Waals surface area contributed by atoms with E-state index in [-0.39, 0.29) is 0 Å². The molecule has 0 bridgehead atoms. The molecule has 1 unspecified atom stereocenters. The number of aryl methyl sites for hydroxylation is 1. The van der Waals surface area contributed by atoms with Crippen molar-refractivity contribution >= 4 is 5.82 Å². The zero-order valence-electron chi connectivity index (χ0n) is 11.9. The zero-order chi connectivity index (χ0) is 13.1. The summed E-state index contributed by atoms with van der Waals surface area (Å²) in [5, 5.41) is 3.42. The van der Waals surface area contributed by atoms with Gasteiger partial charge in [-0.1, -0.05) is 13.8 Å². The molecule has 2 rings (SSSR count). The molecule has 1 aliphatic rings. The Bertz CT molecular complexity index is 397. The molecule has 0 radical (unpaired) electrons. The molecule has 1 saturated heterocycles. The van der Waals surface area contributed by atoms with Crippen LogP contribution in [-0.2, 0) is 0 Å². The second-order valence-corrected chi connectivity index (χ2v) is 5.31. The van der Waals surface area contributed by atoms with Gasteiger partial charge in [0, 0.05) is 36.8 Å². The third-order valence-electron chi connectivity index (χ3n) is 3.48. The van der Waals surface area contributed by atoms with Crippen LogP contribution in [0.25, 0.3) is 0 Å². The highest BCUT2D eigenvalue weighted by molar-refractivity contribution is 5.41. The van der Waals surface area contributed by atoms with Gasteiger partial charge in [0.2, 0.25) is 0 Å². The SMILES string of the molecule is CCN(c1cc(C)nc(C(C)C)n1)C1CCNC1. The van der Waals surface area contributed by atoms with Gasteiger partial charge in [-0.2, -0.15) is 0 Å². The monoisotopic (exact) mass is 248 g/mol. The van der Waals surface area contributed by atoms with E-state index in [0.29, 0.717) is 12.0 Å². The zero-order valence-corrected chi connectivity index (χ0v) is 11.9. The van der Waals surface area contributed by atoms with E-state index in [0.717, 1.165) is 37.0 Å². The number of hydrogen-bond donors (Lipinski definition) is 1. The van der Waals surface area contributed by atoms with E-state index >= 15 is 0 Å². The van der Waals surface area contributed by atoms with Crippen LogP contribution in [0.5, 0.6) is 0 Å². The summed E-state index contributed by atoms with van der Waals surface area (Å²) in [4.78, 5) is 11.7. The minimum Gasteiger partial charge on any atom is -0.352 e. The number of nitrogens with one attached hydrogen (secondary N) is 1. The summed E-state index contributed by atoms with van der Waals surface area (Å²) >= 11 is 0. The average Bonchev–Trinajstić information content (AvgIpc) is 2.83. The maximum absolute atomic E-state index is 4.74. The van der Waals surface area contributed by atoms with E-state index in [1.54, 1.807) is 0 Å². The van der Waals surface area contributed by atoms with Crippen LogP contribution in [0, 0.1) is 6.92 Å². The van der Waals surface area contributed by atoms with Crippen molar-refractivity contribution < 1.29 is 0 Å². The Balaban J connectivity index is 2.29. The number of aromatic nitrogens is 2. The predicted molar refractivity (Wildman–Crippen MR) is 75.2 cm³/mol. The standard InChI is InChI=1S/C14H24N4/c1-5-18(12-6-7-15-9-12)13-8-11(4)16-14(17-13)10(2)3/h8,10,12,15H,5-7,9H2,1-4H3. The largest absolute Gasteiger partial charge is 0.352 e. The van der Waals surface area contributed by atoms with Gasteiger partial charge in [0.25, 0.3) is 0 Å². The second kappa shape index (κ2) is 5.65. The summed E-state index contributed by atoms with van der Waals surface area (Å²) in [5.74, 6) is 2.42. The van der Waals surface area contributed by atoms with E-state index in [4.69, 9.17) is 4.98 Å². The molecule has 4 heteroatoms. The minimum atomic E-state index is 0.379. The Morgan fingerprint density at radius 1 is 1.44 bits per heavy atom. The van der Waals surface area contributed by atoms with Crippen molar-refractivity contribution in [1.29, 1.82) is 0 Å². The molecule has 0 saturated carbocycles. The Morgan fingerprint density at radius 3 is 2.78 bits per heavy atom. The topological polar surface area (TPSA) is 41.1 Å². The minimum absolute atomic E-state index is 0.379. The van der Waals surface area contributed by atoms with Gasteiger partial charge in [-0.25, -0.2) is 9.97 Å². The van der Waals surface area contributed by atoms with E-state index in [2.05, 4.69) is 49.0 Å². The van der Waals surface area contributed by atoms with E-state index < -0.39 is 0 Å². The lowest BCUT2D eigenvalue weighted by molar-refractivity contribution is 0.633. The number of hydrogen-bond acceptors (Lipinski definition) is 4. The predicted octanol–water partition coefficient (Wildman–Crippen LogP) is 2.10. The summed E-state index contributed by atoms with van der Waals surface area (Å²) in [7, 11) is 0. The Labute approximate surface area is 110 Å². The third kappa shape index (κ3) is 2.80. The first-order valence-corrected chi connectivity index (χ1v) is 6.94. The molecule has 0 spiro atoms. The van der Waals surface area contributed by atoms with Crippen LogP contribution < -0.4 is 10.2 Å². The molecule has 100 valence electrons. The summed E-state index contributed by atoms with van der Waals surface area (Å²) in [5.41, 5.74) is 1.06. The van der Waals surface area contributed by atoms with Crippen LogP contribution in [0.1, 0.15) is 44.6 Å². The highest BCUT2D eigenvalue weighted by Crippen LogP contribution is 2.21. The van der Waals surface area contributed by atoms with Gasteiger partial charge in [0.05, 0.1) is 0 Å². The second-order valence-electron chi connectivity index (χ2n) is 5.31. The van der Waals surface area contributed by atoms with E-state index in [1.165, 1.54) is 6.42 Å². The van der Waals surface area contributed by atoms with Crippen molar-refractivity contribution in [2.75, 3.05) is 24.5 Å². The number of rotatable bonds is 4. The van der Waals surface area contributed by atoms with Gasteiger partial charge in [0.1, 0.15) is 11.6 Å². The summed E-state index contributed by atoms with van der Waals surface area (Å²) in [6.45, 7) is 11.7. The van der Waals surface area contributed by atoms with Crippen molar-refractivity contribution in [2.24, 2.45) is 0 Å². The lowest BCUT2D eigenvalue weighted by atomic mass is 10.2. The molecule has 0 aliphatic carbocycles. The molecule has 0 aromatic carbocycles. The lowest BCUT2D eigenvalue weighted by Gasteiger charge is -2.29. The fraction of sp³-hybridized carbons (Fsp3) is 0.714. The summed E-state index contributed by atoms with van der Waals surface area (Å²) in [6.07, 6.45) is 1.20. The summed E-state index contributed by atoms with van der Waals surface area (Å²) < 4.78 is 0. The quantitative estimate of drug-likeness (QED) is 0.886. The highest BCUT2D eigenvalue weighted by atomic mass is 15.2. The van der Waals surface area contributed by atoms with Crippen molar-refractivity contribution in [1.82, 2.24) is 15.3 Å². The van der Waals surface area contributed by atoms with Gasteiger partial charge < -0.3 is 10.2 Å². The van der Waals surface area contributed by atoms with Crippen molar-refractivity contribution in [2.45, 2.75) is 46.1 Å². The van der Waals surface area contributed by atoms with Crippen LogP contribution in [0.3, 0.4) is 0 Å². The van der Waals surface area contributed by atoms with Crippen LogP contribution in [-0.4, -0.2) is 35.6 Å². The molecule has 1 atom stereocenters. The lowest BCUT2D eigenvalue weighted by Crippen LogP contribution is -2.37. The van der Waals surface area contributed by atoms with Crippen molar-refractivity contribution in [3.63, 3.8) is 0 Å². The molecule has 18 heavy (non-hydrogen) atoms. The number of likely N-dealkylation sites (N-methyl/N-ethyl adjacent to an activating group) is 1. The van der Waals surface area contributed by atoms with Crippen LogP contribution >= 0.6 is 0 Å². The molecule has 1 N–H and O–H groups in total. The first-order valence-electron chi connectivity index (χ1n) is 6.94. The Hall–Kier alpha value is -1.16. The third-order valence-corrected chi connectivity index (χ3v) is 3.48. The maximum atomic E-state index is 4.74. The van der Waals surface area contributed by atoms with Gasteiger partial charge in [-0.3, -0.25) is 0 Å². The van der Waals surface area contributed by atoms with Crippen molar-refractivity contribution in [3.8, 4) is 0 Å². The van der Waals surface area contributed by atoms with Gasteiger partial charge >= 0.3 is 0 Å². The molecule has 2 heterocycles. The first kappa shape index (κ1) is 13.3. The van der Waals surface area contributed by atoms with Gasteiger partial charge in [-0.15, -0.1) is 0 Å². The molecule has 0 amide bonds. The van der Waals surface area contributed by atoms with Gasteiger partial charge in [0.15, 0.2) is 0 Å². The molecule has 1 aromatic heterocycles. The fourth-order valence-electron chi connectivity index (χ4n) is 2.49. The van der Waals surface area contributed by atoms with Gasteiger partial charge in [-0.05, 0) is 26.8 Å². The number of nitrogens with zero attached hydrogens (tertiary/aromatic N) is 3. The molecule has 1 fully saturated rings. The molecule has 1 aliphatic heterocycles. The Morgan fingerprint density at radius 2 is 2.22 bits per heavy atom. The summed E-state index contributed by atoms with van der Waals surface area (Å²) in [6, 6.07) is 2.68. The first-order chi connectivity index (χ1) is 8.61. The molecular weight excluding hydrogens is 224 g/mol. The normalized spacial score (nSPS) is 19.5. The maximum Gasteiger partial charge on any atom is 0.133 e. The fourth-order valence-corrected chi connectivity index (χ4v) is 2.49. The molecular formula is C14H24N4. The van der Waals surface area contributed by atoms with Crippen LogP contribution in [0.4, 0.5) is 5.82 Å². The average molecular weight is 248 g/mol. The molecule has 4 nitrogen and oxygen atoms in total. The van der Waals surface area contributed by atoms with E-state index in [1.807, 2.05) is 0 Å². The smallest absolute Gasteiger partial charge is 0.133 e. The number of anilines is 1.